The molecule has 0 atom stereocenters. The molecule has 1 aliphatic heterocycles. The lowest BCUT2D eigenvalue weighted by molar-refractivity contribution is -0.192. The van der Waals surface area contributed by atoms with Crippen LogP contribution < -0.4 is 15.4 Å². The number of rotatable bonds is 4. The number of carboxylic acids is 1. The number of aromatic nitrogens is 2. The van der Waals surface area contributed by atoms with Gasteiger partial charge in [0.2, 0.25) is 0 Å². The molecular formula is C16H17F3N4O5. The fourth-order valence-corrected chi connectivity index (χ4v) is 2.21. The Morgan fingerprint density at radius 3 is 2.46 bits per heavy atom. The van der Waals surface area contributed by atoms with Gasteiger partial charge in [0, 0.05) is 25.4 Å². The Hall–Kier alpha value is -3.28. The molecule has 1 fully saturated rings. The second-order valence-corrected chi connectivity index (χ2v) is 5.61. The first-order valence-corrected chi connectivity index (χ1v) is 7.86. The van der Waals surface area contributed by atoms with Crippen LogP contribution in [0, 0.1) is 0 Å². The van der Waals surface area contributed by atoms with Crippen LogP contribution in [0.5, 0.6) is 11.5 Å². The number of carbonyl (C=O) groups excluding carboxylic acids is 1. The van der Waals surface area contributed by atoms with Crippen molar-refractivity contribution in [2.45, 2.75) is 12.2 Å². The number of anilines is 1. The van der Waals surface area contributed by atoms with Crippen molar-refractivity contribution in [3.8, 4) is 11.5 Å². The van der Waals surface area contributed by atoms with Crippen molar-refractivity contribution in [1.29, 1.82) is 0 Å². The second-order valence-electron chi connectivity index (χ2n) is 5.61. The van der Waals surface area contributed by atoms with E-state index in [1.165, 1.54) is 19.2 Å². The summed E-state index contributed by atoms with van der Waals surface area (Å²) in [7, 11) is 1.51. The van der Waals surface area contributed by atoms with Crippen LogP contribution in [0.4, 0.5) is 18.9 Å². The van der Waals surface area contributed by atoms with Crippen LogP contribution in [-0.2, 0) is 4.79 Å². The molecule has 0 bridgehead atoms. The Balaban J connectivity index is 0.000000345. The average molecular weight is 402 g/mol. The summed E-state index contributed by atoms with van der Waals surface area (Å²) in [5, 5.41) is 26.7. The van der Waals surface area contributed by atoms with E-state index in [2.05, 4.69) is 15.7 Å². The number of benzene rings is 1. The molecule has 28 heavy (non-hydrogen) atoms. The number of phenolic OH excluding ortho intramolecular Hbond substituents is 1. The summed E-state index contributed by atoms with van der Waals surface area (Å²) in [5.41, 5.74) is 0.897. The van der Waals surface area contributed by atoms with Gasteiger partial charge in [-0.2, -0.15) is 18.3 Å². The monoisotopic (exact) mass is 402 g/mol. The number of alkyl halides is 3. The number of carboxylic acid groups (broad SMARTS) is 1. The number of aromatic hydroxyl groups is 1. The van der Waals surface area contributed by atoms with Crippen molar-refractivity contribution < 1.29 is 37.7 Å². The number of nitrogens with one attached hydrogen (secondary N) is 2. The normalized spacial score (nSPS) is 13.7. The standard InChI is InChI=1S/C14H16N4O3.C2HF3O2/c1-21-13-3-2-10(19)6-11(13)17-14(20)12-4-5-16-18(12)9-7-15-8-9;3-2(4,5)1(6)7/h2-6,9,15,19H,7-8H2,1H3,(H,17,20);(H,6,7). The zero-order chi connectivity index (χ0) is 20.9. The lowest BCUT2D eigenvalue weighted by Crippen LogP contribution is -2.45. The van der Waals surface area contributed by atoms with Crippen LogP contribution in [0.2, 0.25) is 0 Å². The second kappa shape index (κ2) is 8.61. The SMILES string of the molecule is COc1ccc(O)cc1NC(=O)c1ccnn1C1CNC1.O=C(O)C(F)(F)F. The molecule has 0 aliphatic carbocycles. The summed E-state index contributed by atoms with van der Waals surface area (Å²) in [4.78, 5) is 21.3. The fourth-order valence-electron chi connectivity index (χ4n) is 2.21. The molecule has 1 saturated heterocycles. The molecule has 1 aromatic heterocycles. The largest absolute Gasteiger partial charge is 0.508 e. The van der Waals surface area contributed by atoms with Crippen LogP contribution in [0.1, 0.15) is 16.5 Å². The molecule has 4 N–H and O–H groups in total. The molecule has 0 spiro atoms. The summed E-state index contributed by atoms with van der Waals surface area (Å²) in [6.07, 6.45) is -3.48. The molecule has 3 rings (SSSR count). The number of nitrogens with zero attached hydrogens (tertiary/aromatic N) is 2. The lowest BCUT2D eigenvalue weighted by Gasteiger charge is -2.28. The van der Waals surface area contributed by atoms with E-state index in [4.69, 9.17) is 14.6 Å². The molecule has 1 aromatic carbocycles. The molecule has 0 unspecified atom stereocenters. The third-order valence-electron chi connectivity index (χ3n) is 3.68. The third kappa shape index (κ3) is 5.13. The van der Waals surface area contributed by atoms with E-state index < -0.39 is 12.1 Å². The van der Waals surface area contributed by atoms with E-state index in [1.807, 2.05) is 0 Å². The zero-order valence-electron chi connectivity index (χ0n) is 14.5. The van der Waals surface area contributed by atoms with Crippen LogP contribution in [0.15, 0.2) is 30.5 Å². The van der Waals surface area contributed by atoms with E-state index in [0.717, 1.165) is 13.1 Å². The summed E-state index contributed by atoms with van der Waals surface area (Å²) in [5.74, 6) is -2.50. The van der Waals surface area contributed by atoms with Crippen molar-refractivity contribution in [2.24, 2.45) is 0 Å². The number of halogens is 3. The van der Waals surface area contributed by atoms with Crippen LogP contribution >= 0.6 is 0 Å². The van der Waals surface area contributed by atoms with Gasteiger partial charge in [-0.25, -0.2) is 4.79 Å². The molecule has 0 radical (unpaired) electrons. The summed E-state index contributed by atoms with van der Waals surface area (Å²) in [6.45, 7) is 1.61. The van der Waals surface area contributed by atoms with Crippen LogP contribution in [0.3, 0.4) is 0 Å². The van der Waals surface area contributed by atoms with Gasteiger partial charge in [-0.3, -0.25) is 9.48 Å². The van der Waals surface area contributed by atoms with Gasteiger partial charge >= 0.3 is 12.1 Å². The maximum absolute atomic E-state index is 12.4. The molecule has 1 amide bonds. The van der Waals surface area contributed by atoms with E-state index in [0.29, 0.717) is 17.1 Å². The van der Waals surface area contributed by atoms with Crippen molar-refractivity contribution in [3.05, 3.63) is 36.2 Å². The molecule has 152 valence electrons. The number of aliphatic carboxylic acids is 1. The Kier molecular flexibility index (Phi) is 6.46. The van der Waals surface area contributed by atoms with Crippen LogP contribution in [0.25, 0.3) is 0 Å². The van der Waals surface area contributed by atoms with E-state index >= 15 is 0 Å². The first kappa shape index (κ1) is 21.0. The Morgan fingerprint density at radius 1 is 1.32 bits per heavy atom. The van der Waals surface area contributed by atoms with Crippen molar-refractivity contribution in [2.75, 3.05) is 25.5 Å². The van der Waals surface area contributed by atoms with Gasteiger partial charge in [0.25, 0.3) is 5.91 Å². The number of methoxy groups -OCH3 is 1. The molecule has 9 nitrogen and oxygen atoms in total. The highest BCUT2D eigenvalue weighted by molar-refractivity contribution is 6.04. The molecule has 2 aromatic rings. The highest BCUT2D eigenvalue weighted by atomic mass is 19.4. The third-order valence-corrected chi connectivity index (χ3v) is 3.68. The van der Waals surface area contributed by atoms with Gasteiger partial charge in [0.05, 0.1) is 18.8 Å². The van der Waals surface area contributed by atoms with Crippen molar-refractivity contribution in [3.63, 3.8) is 0 Å². The fraction of sp³-hybridized carbons (Fsp3) is 0.312. The van der Waals surface area contributed by atoms with Gasteiger partial charge in [0.15, 0.2) is 0 Å². The van der Waals surface area contributed by atoms with E-state index in [9.17, 15) is 23.1 Å². The van der Waals surface area contributed by atoms with Crippen molar-refractivity contribution in [1.82, 2.24) is 15.1 Å². The lowest BCUT2D eigenvalue weighted by atomic mass is 10.2. The predicted octanol–water partition coefficient (Wildman–Crippen LogP) is 1.63. The molecule has 12 heteroatoms. The Morgan fingerprint density at radius 2 is 1.96 bits per heavy atom. The quantitative estimate of drug-likeness (QED) is 0.612. The van der Waals surface area contributed by atoms with Gasteiger partial charge in [-0.05, 0) is 18.2 Å². The topological polar surface area (TPSA) is 126 Å². The number of hydrogen-bond donors (Lipinski definition) is 4. The molecule has 1 aliphatic rings. The Labute approximate surface area is 156 Å². The number of hydrogen-bond acceptors (Lipinski definition) is 6. The highest BCUT2D eigenvalue weighted by Gasteiger charge is 2.38. The van der Waals surface area contributed by atoms with Gasteiger partial charge < -0.3 is 25.6 Å². The van der Waals surface area contributed by atoms with Gasteiger partial charge in [-0.15, -0.1) is 0 Å². The van der Waals surface area contributed by atoms with Crippen molar-refractivity contribution >= 4 is 17.6 Å². The molecule has 2 heterocycles. The first-order valence-electron chi connectivity index (χ1n) is 7.86. The zero-order valence-corrected chi connectivity index (χ0v) is 14.5. The smallest absolute Gasteiger partial charge is 0.490 e. The number of ether oxygens (including phenoxy) is 1. The predicted molar refractivity (Wildman–Crippen MR) is 90.4 cm³/mol. The number of phenols is 1. The highest BCUT2D eigenvalue weighted by Crippen LogP contribution is 2.29. The average Bonchev–Trinajstić information content (AvgIpc) is 3.02. The minimum Gasteiger partial charge on any atom is -0.508 e. The summed E-state index contributed by atoms with van der Waals surface area (Å²) in [6, 6.07) is 6.41. The van der Waals surface area contributed by atoms with Crippen LogP contribution in [-0.4, -0.2) is 58.2 Å². The maximum atomic E-state index is 12.4. The summed E-state index contributed by atoms with van der Waals surface area (Å²) < 4.78 is 38.6. The first-order chi connectivity index (χ1) is 13.1. The summed E-state index contributed by atoms with van der Waals surface area (Å²) >= 11 is 0. The van der Waals surface area contributed by atoms with E-state index in [-0.39, 0.29) is 17.7 Å². The minimum absolute atomic E-state index is 0.0581. The minimum atomic E-state index is -5.08. The molecule has 0 saturated carbocycles. The Bertz CT molecular complexity index is 849. The van der Waals surface area contributed by atoms with Gasteiger partial charge in [-0.1, -0.05) is 0 Å². The number of amides is 1. The van der Waals surface area contributed by atoms with E-state index in [1.54, 1.807) is 23.0 Å². The van der Waals surface area contributed by atoms with Gasteiger partial charge in [0.1, 0.15) is 17.2 Å². The number of carbonyl (C=O) groups is 2. The maximum Gasteiger partial charge on any atom is 0.490 e. The molecular weight excluding hydrogens is 385 g/mol.